The van der Waals surface area contributed by atoms with Gasteiger partial charge in [-0.05, 0) is 36.6 Å². The van der Waals surface area contributed by atoms with E-state index >= 15 is 0 Å². The third kappa shape index (κ3) is 4.20. The van der Waals surface area contributed by atoms with Gasteiger partial charge < -0.3 is 10.6 Å². The number of benzene rings is 1. The molecule has 0 saturated heterocycles. The van der Waals surface area contributed by atoms with Gasteiger partial charge in [0.1, 0.15) is 5.82 Å². The minimum Gasteiger partial charge on any atom is -0.356 e. The van der Waals surface area contributed by atoms with Gasteiger partial charge in [0.15, 0.2) is 11.6 Å². The molecule has 0 aliphatic carbocycles. The highest BCUT2D eigenvalue weighted by atomic mass is 15.2. The van der Waals surface area contributed by atoms with Crippen LogP contribution in [0.4, 0.5) is 0 Å². The van der Waals surface area contributed by atoms with Crippen LogP contribution in [0.2, 0.25) is 0 Å². The standard InChI is InChI=1S/C20H26N6/c1-4-16-8-10-17(11-9-16)15(2)23-20(21-3)22-13-12-19-25-24-18-7-5-6-14-26(18)19/h5-11,14-15H,4,12-13H2,1-3H3,(H2,21,22,23). The molecule has 1 aromatic carbocycles. The van der Waals surface area contributed by atoms with Gasteiger partial charge in [0.2, 0.25) is 0 Å². The van der Waals surface area contributed by atoms with Gasteiger partial charge in [-0.15, -0.1) is 10.2 Å². The van der Waals surface area contributed by atoms with Crippen molar-refractivity contribution in [3.05, 3.63) is 65.6 Å². The van der Waals surface area contributed by atoms with E-state index in [9.17, 15) is 0 Å². The Morgan fingerprint density at radius 3 is 2.69 bits per heavy atom. The summed E-state index contributed by atoms with van der Waals surface area (Å²) in [4.78, 5) is 4.32. The van der Waals surface area contributed by atoms with Crippen LogP contribution in [-0.4, -0.2) is 34.2 Å². The fourth-order valence-corrected chi connectivity index (χ4v) is 2.88. The molecular formula is C20H26N6. The van der Waals surface area contributed by atoms with Gasteiger partial charge in [0, 0.05) is 26.2 Å². The molecule has 0 saturated carbocycles. The number of fused-ring (bicyclic) bond motifs is 1. The highest BCUT2D eigenvalue weighted by molar-refractivity contribution is 5.80. The molecule has 0 aliphatic heterocycles. The van der Waals surface area contributed by atoms with E-state index in [2.05, 4.69) is 63.9 Å². The SMILES string of the molecule is CCc1ccc(C(C)NC(=NC)NCCc2nnc3ccccn23)cc1. The fourth-order valence-electron chi connectivity index (χ4n) is 2.88. The molecule has 6 nitrogen and oxygen atoms in total. The summed E-state index contributed by atoms with van der Waals surface area (Å²) in [6, 6.07) is 14.8. The summed E-state index contributed by atoms with van der Waals surface area (Å²) in [5.74, 6) is 1.72. The minimum atomic E-state index is 0.182. The van der Waals surface area contributed by atoms with Crippen LogP contribution in [0.1, 0.15) is 36.8 Å². The van der Waals surface area contributed by atoms with E-state index in [0.29, 0.717) is 0 Å². The number of aliphatic imine (C=N–C) groups is 1. The maximum Gasteiger partial charge on any atom is 0.191 e. The average Bonchev–Trinajstić information content (AvgIpc) is 3.10. The first-order chi connectivity index (χ1) is 12.7. The van der Waals surface area contributed by atoms with E-state index in [1.807, 2.05) is 28.8 Å². The van der Waals surface area contributed by atoms with Crippen LogP contribution in [0.25, 0.3) is 5.65 Å². The predicted molar refractivity (Wildman–Crippen MR) is 105 cm³/mol. The Morgan fingerprint density at radius 1 is 1.15 bits per heavy atom. The van der Waals surface area contributed by atoms with Crippen LogP contribution in [-0.2, 0) is 12.8 Å². The third-order valence-electron chi connectivity index (χ3n) is 4.49. The molecule has 3 aromatic rings. The Hall–Kier alpha value is -2.89. The summed E-state index contributed by atoms with van der Waals surface area (Å²) in [6.07, 6.45) is 3.81. The molecule has 0 bridgehead atoms. The first-order valence-corrected chi connectivity index (χ1v) is 9.06. The summed E-state index contributed by atoms with van der Waals surface area (Å²) in [5, 5.41) is 15.2. The molecular weight excluding hydrogens is 324 g/mol. The zero-order valence-corrected chi connectivity index (χ0v) is 15.6. The number of nitrogens with zero attached hydrogens (tertiary/aromatic N) is 4. The quantitative estimate of drug-likeness (QED) is 0.530. The van der Waals surface area contributed by atoms with Crippen LogP contribution in [0.3, 0.4) is 0 Å². The van der Waals surface area contributed by atoms with E-state index in [1.54, 1.807) is 7.05 Å². The van der Waals surface area contributed by atoms with Crippen molar-refractivity contribution in [1.82, 2.24) is 25.2 Å². The average molecular weight is 350 g/mol. The van der Waals surface area contributed by atoms with Crippen molar-refractivity contribution in [3.8, 4) is 0 Å². The topological polar surface area (TPSA) is 66.6 Å². The third-order valence-corrected chi connectivity index (χ3v) is 4.49. The van der Waals surface area contributed by atoms with Crippen LogP contribution in [0, 0.1) is 0 Å². The molecule has 2 heterocycles. The Labute approximate surface area is 154 Å². The predicted octanol–water partition coefficient (Wildman–Crippen LogP) is 2.76. The molecule has 1 atom stereocenters. The van der Waals surface area contributed by atoms with Gasteiger partial charge in [-0.25, -0.2) is 0 Å². The summed E-state index contributed by atoms with van der Waals surface area (Å²) in [7, 11) is 1.79. The molecule has 6 heteroatoms. The first-order valence-electron chi connectivity index (χ1n) is 9.06. The van der Waals surface area contributed by atoms with Crippen molar-refractivity contribution >= 4 is 11.6 Å². The van der Waals surface area contributed by atoms with Crippen LogP contribution >= 0.6 is 0 Å². The second-order valence-electron chi connectivity index (χ2n) is 6.26. The Kier molecular flexibility index (Phi) is 5.84. The number of nitrogens with one attached hydrogen (secondary N) is 2. The van der Waals surface area contributed by atoms with Crippen molar-refractivity contribution in [2.24, 2.45) is 4.99 Å². The maximum atomic E-state index is 4.32. The van der Waals surface area contributed by atoms with Crippen molar-refractivity contribution < 1.29 is 0 Å². The highest BCUT2D eigenvalue weighted by Crippen LogP contribution is 2.13. The van der Waals surface area contributed by atoms with Gasteiger partial charge in [0.05, 0.1) is 6.04 Å². The molecule has 2 aromatic heterocycles. The van der Waals surface area contributed by atoms with Gasteiger partial charge >= 0.3 is 0 Å². The van der Waals surface area contributed by atoms with Crippen molar-refractivity contribution in [2.75, 3.05) is 13.6 Å². The van der Waals surface area contributed by atoms with E-state index in [0.717, 1.165) is 36.8 Å². The molecule has 0 aliphatic rings. The van der Waals surface area contributed by atoms with Crippen LogP contribution in [0.5, 0.6) is 0 Å². The van der Waals surface area contributed by atoms with Crippen LogP contribution < -0.4 is 10.6 Å². The second kappa shape index (κ2) is 8.47. The Bertz CT molecular complexity index is 865. The molecule has 2 N–H and O–H groups in total. The first kappa shape index (κ1) is 17.9. The number of guanidine groups is 1. The van der Waals surface area contributed by atoms with Crippen molar-refractivity contribution in [1.29, 1.82) is 0 Å². The molecule has 26 heavy (non-hydrogen) atoms. The van der Waals surface area contributed by atoms with Crippen LogP contribution in [0.15, 0.2) is 53.7 Å². The molecule has 0 radical (unpaired) electrons. The summed E-state index contributed by atoms with van der Waals surface area (Å²) >= 11 is 0. The fraction of sp³-hybridized carbons (Fsp3) is 0.350. The number of hydrogen-bond acceptors (Lipinski definition) is 3. The van der Waals surface area contributed by atoms with Crippen molar-refractivity contribution in [2.45, 2.75) is 32.7 Å². The smallest absolute Gasteiger partial charge is 0.191 e. The lowest BCUT2D eigenvalue weighted by atomic mass is 10.1. The summed E-state index contributed by atoms with van der Waals surface area (Å²) in [5.41, 5.74) is 3.46. The Balaban J connectivity index is 1.54. The highest BCUT2D eigenvalue weighted by Gasteiger charge is 2.09. The molecule has 0 spiro atoms. The van der Waals surface area contributed by atoms with E-state index < -0.39 is 0 Å². The zero-order chi connectivity index (χ0) is 18.4. The lowest BCUT2D eigenvalue weighted by Crippen LogP contribution is -2.39. The van der Waals surface area contributed by atoms with Gasteiger partial charge in [-0.1, -0.05) is 37.3 Å². The zero-order valence-electron chi connectivity index (χ0n) is 15.6. The summed E-state index contributed by atoms with van der Waals surface area (Å²) in [6.45, 7) is 5.04. The number of aromatic nitrogens is 3. The van der Waals surface area contributed by atoms with Gasteiger partial charge in [-0.2, -0.15) is 0 Å². The number of rotatable bonds is 6. The van der Waals surface area contributed by atoms with E-state index in [-0.39, 0.29) is 6.04 Å². The van der Waals surface area contributed by atoms with Gasteiger partial charge in [-0.3, -0.25) is 9.39 Å². The lowest BCUT2D eigenvalue weighted by Gasteiger charge is -2.18. The number of aryl methyl sites for hydroxylation is 1. The molecule has 0 fully saturated rings. The minimum absolute atomic E-state index is 0.182. The largest absolute Gasteiger partial charge is 0.356 e. The molecule has 1 unspecified atom stereocenters. The molecule has 0 amide bonds. The Morgan fingerprint density at radius 2 is 1.96 bits per heavy atom. The number of hydrogen-bond donors (Lipinski definition) is 2. The number of pyridine rings is 1. The second-order valence-corrected chi connectivity index (χ2v) is 6.26. The van der Waals surface area contributed by atoms with E-state index in [1.165, 1.54) is 11.1 Å². The van der Waals surface area contributed by atoms with E-state index in [4.69, 9.17) is 0 Å². The van der Waals surface area contributed by atoms with Gasteiger partial charge in [0.25, 0.3) is 0 Å². The molecule has 136 valence electrons. The maximum absolute atomic E-state index is 4.32. The lowest BCUT2D eigenvalue weighted by molar-refractivity contribution is 0.679. The normalized spacial score (nSPS) is 13.0. The van der Waals surface area contributed by atoms with Crippen molar-refractivity contribution in [3.63, 3.8) is 0 Å². The molecule has 3 rings (SSSR count). The summed E-state index contributed by atoms with van der Waals surface area (Å²) < 4.78 is 2.01. The monoisotopic (exact) mass is 350 g/mol.